The molecule has 1 aromatic heterocycles. The van der Waals surface area contributed by atoms with Crippen molar-refractivity contribution in [2.45, 2.75) is 19.9 Å². The molecule has 0 saturated heterocycles. The number of likely N-dealkylation sites (N-methyl/N-ethyl adjacent to an activating group) is 1. The highest BCUT2D eigenvalue weighted by Gasteiger charge is 2.19. The first-order valence-corrected chi connectivity index (χ1v) is 9.23. The van der Waals surface area contributed by atoms with Gasteiger partial charge in [-0.15, -0.1) is 11.3 Å². The molecule has 1 heterocycles. The van der Waals surface area contributed by atoms with Gasteiger partial charge in [-0.2, -0.15) is 0 Å². The molecule has 0 radical (unpaired) electrons. The van der Waals surface area contributed by atoms with Crippen LogP contribution in [0.25, 0.3) is 10.2 Å². The fourth-order valence-electron chi connectivity index (χ4n) is 2.71. The highest BCUT2D eigenvalue weighted by atomic mass is 32.1. The fraction of sp³-hybridized carbons (Fsp3) is 0.250. The van der Waals surface area contributed by atoms with Gasteiger partial charge in [-0.05, 0) is 45.2 Å². The van der Waals surface area contributed by atoms with Crippen LogP contribution in [0.2, 0.25) is 0 Å². The second kappa shape index (κ2) is 7.76. The predicted octanol–water partition coefficient (Wildman–Crippen LogP) is 4.13. The minimum absolute atomic E-state index is 0.0150. The molecule has 3 aromatic rings. The molecular formula is C20H21N3O2S. The van der Waals surface area contributed by atoms with Crippen LogP contribution in [0.1, 0.15) is 35.3 Å². The van der Waals surface area contributed by atoms with Gasteiger partial charge in [-0.1, -0.05) is 24.3 Å². The van der Waals surface area contributed by atoms with Gasteiger partial charge in [0, 0.05) is 5.56 Å². The number of ketones is 1. The van der Waals surface area contributed by atoms with Crippen LogP contribution >= 0.6 is 11.3 Å². The summed E-state index contributed by atoms with van der Waals surface area (Å²) in [7, 11) is 1.90. The van der Waals surface area contributed by atoms with Crippen LogP contribution < -0.4 is 5.32 Å². The summed E-state index contributed by atoms with van der Waals surface area (Å²) in [5.74, 6) is -0.230. The number of Topliss-reactive ketones (excluding diaryl/α,β-unsaturated/α-hetero) is 1. The molecule has 0 spiro atoms. The number of hydrogen-bond donors (Lipinski definition) is 1. The summed E-state index contributed by atoms with van der Waals surface area (Å²) in [5, 5.41) is 3.81. The number of benzene rings is 2. The Labute approximate surface area is 156 Å². The third kappa shape index (κ3) is 3.98. The average molecular weight is 367 g/mol. The topological polar surface area (TPSA) is 62.3 Å². The van der Waals surface area contributed by atoms with E-state index >= 15 is 0 Å². The van der Waals surface area contributed by atoms with E-state index in [1.54, 1.807) is 35.6 Å². The van der Waals surface area contributed by atoms with Crippen molar-refractivity contribution in [3.8, 4) is 0 Å². The number of aromatic nitrogens is 1. The average Bonchev–Trinajstić information content (AvgIpc) is 3.05. The summed E-state index contributed by atoms with van der Waals surface area (Å²) in [6, 6.07) is 15.1. The van der Waals surface area contributed by atoms with Crippen molar-refractivity contribution in [2.75, 3.05) is 18.9 Å². The van der Waals surface area contributed by atoms with E-state index < -0.39 is 0 Å². The number of nitrogens with one attached hydrogen (secondary N) is 1. The molecule has 3 rings (SSSR count). The number of thiazole rings is 1. The van der Waals surface area contributed by atoms with Gasteiger partial charge >= 0.3 is 0 Å². The summed E-state index contributed by atoms with van der Waals surface area (Å²) < 4.78 is 1.14. The van der Waals surface area contributed by atoms with E-state index in [1.165, 1.54) is 6.92 Å². The van der Waals surface area contributed by atoms with Gasteiger partial charge in [0.1, 0.15) is 5.01 Å². The van der Waals surface area contributed by atoms with Crippen molar-refractivity contribution < 1.29 is 9.59 Å². The van der Waals surface area contributed by atoms with Crippen LogP contribution in [0.15, 0.2) is 48.5 Å². The van der Waals surface area contributed by atoms with Crippen molar-refractivity contribution in [1.29, 1.82) is 0 Å². The third-order valence-electron chi connectivity index (χ3n) is 4.30. The summed E-state index contributed by atoms with van der Waals surface area (Å²) in [6.45, 7) is 3.74. The smallest absolute Gasteiger partial charge is 0.238 e. The Bertz CT molecular complexity index is 918. The molecule has 1 N–H and O–H groups in total. The van der Waals surface area contributed by atoms with Gasteiger partial charge in [0.25, 0.3) is 0 Å². The molecule has 5 nitrogen and oxygen atoms in total. The molecule has 0 bridgehead atoms. The number of rotatable bonds is 6. The molecule has 0 aliphatic carbocycles. The highest BCUT2D eigenvalue weighted by Crippen LogP contribution is 2.28. The molecule has 1 amide bonds. The number of nitrogens with zero attached hydrogens (tertiary/aromatic N) is 2. The van der Waals surface area contributed by atoms with E-state index in [2.05, 4.69) is 16.4 Å². The predicted molar refractivity (Wildman–Crippen MR) is 106 cm³/mol. The first-order chi connectivity index (χ1) is 12.5. The number of carbonyl (C=O) groups excluding carboxylic acids is 2. The lowest BCUT2D eigenvalue weighted by atomic mass is 10.1. The number of hydrogen-bond acceptors (Lipinski definition) is 5. The first kappa shape index (κ1) is 18.2. The fourth-order valence-corrected chi connectivity index (χ4v) is 3.79. The standard InChI is InChI=1S/C20H21N3O2S/c1-13(20-22-17-10-6-7-11-18(17)26-20)23(3)12-19(25)21-16-9-5-4-8-15(16)14(2)24/h4-11,13H,12H2,1-3H3,(H,21,25)/t13-/m1/s1. The largest absolute Gasteiger partial charge is 0.324 e. The summed E-state index contributed by atoms with van der Waals surface area (Å²) >= 11 is 1.64. The number of amides is 1. The van der Waals surface area contributed by atoms with E-state index in [0.29, 0.717) is 11.3 Å². The van der Waals surface area contributed by atoms with Crippen LogP contribution in [-0.2, 0) is 4.79 Å². The van der Waals surface area contributed by atoms with Crippen molar-refractivity contribution >= 4 is 38.9 Å². The SMILES string of the molecule is CC(=O)c1ccccc1NC(=O)CN(C)[C@H](C)c1nc2ccccc2s1. The summed E-state index contributed by atoms with van der Waals surface area (Å²) in [5.41, 5.74) is 2.04. The van der Waals surface area contributed by atoms with E-state index in [9.17, 15) is 9.59 Å². The van der Waals surface area contributed by atoms with Crippen molar-refractivity contribution in [3.05, 3.63) is 59.1 Å². The zero-order valence-electron chi connectivity index (χ0n) is 15.0. The third-order valence-corrected chi connectivity index (χ3v) is 5.51. The van der Waals surface area contributed by atoms with Crippen LogP contribution in [0, 0.1) is 0 Å². The first-order valence-electron chi connectivity index (χ1n) is 8.41. The van der Waals surface area contributed by atoms with Crippen LogP contribution in [0.4, 0.5) is 5.69 Å². The van der Waals surface area contributed by atoms with Crippen LogP contribution in [0.3, 0.4) is 0 Å². The lowest BCUT2D eigenvalue weighted by Crippen LogP contribution is -2.32. The number of carbonyl (C=O) groups is 2. The van der Waals surface area contributed by atoms with Crippen LogP contribution in [0.5, 0.6) is 0 Å². The van der Waals surface area contributed by atoms with E-state index in [0.717, 1.165) is 15.2 Å². The highest BCUT2D eigenvalue weighted by molar-refractivity contribution is 7.18. The normalized spacial score (nSPS) is 12.3. The lowest BCUT2D eigenvalue weighted by molar-refractivity contribution is -0.117. The Morgan fingerprint density at radius 3 is 2.58 bits per heavy atom. The Kier molecular flexibility index (Phi) is 5.44. The molecule has 0 fully saturated rings. The molecule has 26 heavy (non-hydrogen) atoms. The second-order valence-corrected chi connectivity index (χ2v) is 7.32. The monoisotopic (exact) mass is 367 g/mol. The molecule has 0 unspecified atom stereocenters. The van der Waals surface area contributed by atoms with Crippen molar-refractivity contribution in [2.24, 2.45) is 0 Å². The molecule has 134 valence electrons. The molecule has 0 aliphatic heterocycles. The molecule has 0 saturated carbocycles. The maximum absolute atomic E-state index is 12.4. The number of para-hydroxylation sites is 2. The van der Waals surface area contributed by atoms with Gasteiger partial charge in [0.05, 0.1) is 28.5 Å². The Morgan fingerprint density at radius 1 is 1.15 bits per heavy atom. The van der Waals surface area contributed by atoms with Gasteiger partial charge in [0.2, 0.25) is 5.91 Å². The second-order valence-electron chi connectivity index (χ2n) is 6.26. The Hall–Kier alpha value is -2.57. The number of fused-ring (bicyclic) bond motifs is 1. The zero-order valence-corrected chi connectivity index (χ0v) is 15.8. The van der Waals surface area contributed by atoms with Crippen molar-refractivity contribution in [3.63, 3.8) is 0 Å². The summed E-state index contributed by atoms with van der Waals surface area (Å²) in [4.78, 5) is 30.7. The molecule has 0 aliphatic rings. The minimum atomic E-state index is -0.158. The van der Waals surface area contributed by atoms with Crippen molar-refractivity contribution in [1.82, 2.24) is 9.88 Å². The Morgan fingerprint density at radius 2 is 1.85 bits per heavy atom. The molecule has 2 aromatic carbocycles. The van der Waals surface area contributed by atoms with E-state index in [1.807, 2.05) is 37.1 Å². The maximum Gasteiger partial charge on any atom is 0.238 e. The van der Waals surface area contributed by atoms with Gasteiger partial charge < -0.3 is 5.32 Å². The Balaban J connectivity index is 1.68. The zero-order chi connectivity index (χ0) is 18.7. The van der Waals surface area contributed by atoms with Gasteiger partial charge in [-0.25, -0.2) is 4.98 Å². The molecule has 1 atom stereocenters. The van der Waals surface area contributed by atoms with Gasteiger partial charge in [0.15, 0.2) is 5.78 Å². The van der Waals surface area contributed by atoms with E-state index in [-0.39, 0.29) is 24.3 Å². The van der Waals surface area contributed by atoms with Crippen LogP contribution in [-0.4, -0.2) is 35.2 Å². The quantitative estimate of drug-likeness (QED) is 0.666. The molecule has 6 heteroatoms. The summed E-state index contributed by atoms with van der Waals surface area (Å²) in [6.07, 6.45) is 0. The number of anilines is 1. The van der Waals surface area contributed by atoms with E-state index in [4.69, 9.17) is 0 Å². The molecular weight excluding hydrogens is 346 g/mol. The maximum atomic E-state index is 12.4. The van der Waals surface area contributed by atoms with Gasteiger partial charge in [-0.3, -0.25) is 14.5 Å². The lowest BCUT2D eigenvalue weighted by Gasteiger charge is -2.22. The minimum Gasteiger partial charge on any atom is -0.324 e.